The van der Waals surface area contributed by atoms with Crippen molar-refractivity contribution in [3.63, 3.8) is 0 Å². The van der Waals surface area contributed by atoms with Gasteiger partial charge in [0.1, 0.15) is 5.75 Å². The van der Waals surface area contributed by atoms with Gasteiger partial charge in [0.05, 0.1) is 12.8 Å². The summed E-state index contributed by atoms with van der Waals surface area (Å²) in [6.07, 6.45) is -0.480. The Morgan fingerprint density at radius 1 is 1.38 bits per heavy atom. The molecule has 0 saturated heterocycles. The van der Waals surface area contributed by atoms with E-state index in [9.17, 15) is 0 Å². The average molecular weight is 429 g/mol. The van der Waals surface area contributed by atoms with Crippen molar-refractivity contribution in [2.45, 2.75) is 19.1 Å². The van der Waals surface area contributed by atoms with E-state index < -0.39 is 6.17 Å². The second kappa shape index (κ2) is 9.23. The first kappa shape index (κ1) is 18.5. The second-order valence-electron chi connectivity index (χ2n) is 3.31. The molecular formula is C10H16N3OVW-. The van der Waals surface area contributed by atoms with Gasteiger partial charge < -0.3 is 21.9 Å². The van der Waals surface area contributed by atoms with Crippen LogP contribution in [0.1, 0.15) is 18.7 Å². The minimum Gasteiger partial charge on any atom is -0.672 e. The van der Waals surface area contributed by atoms with Gasteiger partial charge in [-0.1, -0.05) is 19.1 Å². The van der Waals surface area contributed by atoms with Crippen LogP contribution in [0.4, 0.5) is 0 Å². The SMILES string of the molecule is CC([NH-])COc1cccc(C(N)N)c1.[V].[W]. The van der Waals surface area contributed by atoms with Gasteiger partial charge in [-0.25, -0.2) is 0 Å². The summed E-state index contributed by atoms with van der Waals surface area (Å²) in [7, 11) is 0. The van der Waals surface area contributed by atoms with Crippen molar-refractivity contribution in [1.82, 2.24) is 0 Å². The zero-order valence-electron chi connectivity index (χ0n) is 9.09. The number of nitrogens with one attached hydrogen (secondary N) is 1. The zero-order chi connectivity index (χ0) is 10.6. The maximum absolute atomic E-state index is 7.29. The van der Waals surface area contributed by atoms with Gasteiger partial charge in [-0.15, -0.1) is 6.04 Å². The molecule has 89 valence electrons. The molecule has 0 aliphatic rings. The molecule has 1 aromatic carbocycles. The van der Waals surface area contributed by atoms with Crippen LogP contribution < -0.4 is 16.2 Å². The van der Waals surface area contributed by atoms with Crippen LogP contribution in [0.15, 0.2) is 24.3 Å². The molecule has 5 N–H and O–H groups in total. The predicted octanol–water partition coefficient (Wildman–Crippen LogP) is 1.42. The summed E-state index contributed by atoms with van der Waals surface area (Å²) in [5.74, 6) is 0.711. The van der Waals surface area contributed by atoms with Crippen LogP contribution in [0.2, 0.25) is 0 Å². The third-order valence-electron chi connectivity index (χ3n) is 1.74. The largest absolute Gasteiger partial charge is 0.672 e. The van der Waals surface area contributed by atoms with Crippen LogP contribution in [0.25, 0.3) is 5.73 Å². The van der Waals surface area contributed by atoms with Crippen molar-refractivity contribution in [2.75, 3.05) is 6.61 Å². The first-order valence-corrected chi connectivity index (χ1v) is 4.54. The maximum atomic E-state index is 7.29. The minimum atomic E-state index is -0.480. The van der Waals surface area contributed by atoms with Gasteiger partial charge in [0.15, 0.2) is 0 Å². The van der Waals surface area contributed by atoms with E-state index in [1.165, 1.54) is 0 Å². The number of rotatable bonds is 4. The average Bonchev–Trinajstić information content (AvgIpc) is 2.15. The van der Waals surface area contributed by atoms with Crippen LogP contribution in [-0.2, 0) is 39.6 Å². The van der Waals surface area contributed by atoms with E-state index in [1.54, 1.807) is 13.0 Å². The molecule has 0 bridgehead atoms. The smallest absolute Gasteiger partial charge is 0.119 e. The molecule has 0 heterocycles. The normalized spacial score (nSPS) is 11.3. The number of nitrogens with two attached hydrogens (primary N) is 2. The van der Waals surface area contributed by atoms with Crippen LogP contribution >= 0.6 is 0 Å². The summed E-state index contributed by atoms with van der Waals surface area (Å²) in [5.41, 5.74) is 19.2. The Kier molecular flexibility index (Phi) is 10.7. The minimum absolute atomic E-state index is 0. The molecule has 1 radical (unpaired) electrons. The van der Waals surface area contributed by atoms with Gasteiger partial charge in [-0.2, -0.15) is 0 Å². The number of hydrogen-bond acceptors (Lipinski definition) is 3. The van der Waals surface area contributed by atoms with Crippen LogP contribution in [0, 0.1) is 0 Å². The van der Waals surface area contributed by atoms with E-state index in [0.29, 0.717) is 12.4 Å². The first-order chi connectivity index (χ1) is 6.59. The van der Waals surface area contributed by atoms with Crippen molar-refractivity contribution in [3.8, 4) is 5.75 Å². The second-order valence-corrected chi connectivity index (χ2v) is 3.31. The van der Waals surface area contributed by atoms with Gasteiger partial charge in [0.2, 0.25) is 0 Å². The van der Waals surface area contributed by atoms with Crippen LogP contribution in [0.5, 0.6) is 5.75 Å². The monoisotopic (exact) mass is 429 g/mol. The molecule has 1 aromatic rings. The Labute approximate surface area is 122 Å². The Bertz CT molecular complexity index is 297. The van der Waals surface area contributed by atoms with Gasteiger partial charge in [0.25, 0.3) is 0 Å². The molecule has 0 aromatic heterocycles. The Hall–Kier alpha value is 0.173. The predicted molar refractivity (Wildman–Crippen MR) is 56.8 cm³/mol. The molecule has 0 aliphatic heterocycles. The van der Waals surface area contributed by atoms with Gasteiger partial charge >= 0.3 is 0 Å². The first-order valence-electron chi connectivity index (χ1n) is 4.54. The summed E-state index contributed by atoms with van der Waals surface area (Å²) in [6, 6.07) is 7.08. The third-order valence-corrected chi connectivity index (χ3v) is 1.74. The van der Waals surface area contributed by atoms with Crippen molar-refractivity contribution < 1.29 is 44.4 Å². The third kappa shape index (κ3) is 6.69. The fourth-order valence-corrected chi connectivity index (χ4v) is 1.03. The zero-order valence-corrected chi connectivity index (χ0v) is 13.4. The van der Waals surface area contributed by atoms with E-state index >= 15 is 0 Å². The van der Waals surface area contributed by atoms with E-state index in [4.69, 9.17) is 21.9 Å². The molecule has 1 unspecified atom stereocenters. The van der Waals surface area contributed by atoms with Gasteiger partial charge in [-0.05, 0) is 17.7 Å². The Morgan fingerprint density at radius 2 is 2.00 bits per heavy atom. The quantitative estimate of drug-likeness (QED) is 0.711. The summed E-state index contributed by atoms with van der Waals surface area (Å²) >= 11 is 0. The molecule has 16 heavy (non-hydrogen) atoms. The van der Waals surface area contributed by atoms with Crippen LogP contribution in [0.3, 0.4) is 0 Å². The molecule has 0 spiro atoms. The standard InChI is InChI=1S/C10H16N3O.V.W/c1-7(11)6-14-9-4-2-3-8(5-9)10(12)13;;/h2-5,7,10-11H,6,12-13H2,1H3;;/q-1;;. The molecule has 0 fully saturated rings. The number of benzene rings is 1. The maximum Gasteiger partial charge on any atom is 0.119 e. The topological polar surface area (TPSA) is 85.1 Å². The van der Waals surface area contributed by atoms with E-state index in [-0.39, 0.29) is 45.7 Å². The van der Waals surface area contributed by atoms with Gasteiger partial charge in [-0.3, -0.25) is 0 Å². The fraction of sp³-hybridized carbons (Fsp3) is 0.400. The Balaban J connectivity index is 0. The molecule has 0 aliphatic carbocycles. The van der Waals surface area contributed by atoms with Crippen molar-refractivity contribution in [1.29, 1.82) is 0 Å². The van der Waals surface area contributed by atoms with E-state index in [1.807, 2.05) is 18.2 Å². The number of ether oxygens (including phenoxy) is 1. The molecule has 6 heteroatoms. The molecule has 1 rings (SSSR count). The summed E-state index contributed by atoms with van der Waals surface area (Å²) < 4.78 is 5.36. The summed E-state index contributed by atoms with van der Waals surface area (Å²) in [6.45, 7) is 2.15. The molecule has 4 nitrogen and oxygen atoms in total. The summed E-state index contributed by atoms with van der Waals surface area (Å²) in [4.78, 5) is 0. The summed E-state index contributed by atoms with van der Waals surface area (Å²) in [5, 5.41) is 0. The van der Waals surface area contributed by atoms with Crippen molar-refractivity contribution in [3.05, 3.63) is 35.6 Å². The van der Waals surface area contributed by atoms with Crippen molar-refractivity contribution in [2.24, 2.45) is 11.5 Å². The molecule has 0 saturated carbocycles. The molecule has 1 atom stereocenters. The van der Waals surface area contributed by atoms with E-state index in [0.717, 1.165) is 5.56 Å². The number of hydrogen-bond donors (Lipinski definition) is 2. The van der Waals surface area contributed by atoms with Crippen LogP contribution in [-0.4, -0.2) is 12.6 Å². The van der Waals surface area contributed by atoms with Gasteiger partial charge in [0, 0.05) is 39.6 Å². The van der Waals surface area contributed by atoms with Crippen molar-refractivity contribution >= 4 is 0 Å². The van der Waals surface area contributed by atoms with E-state index in [2.05, 4.69) is 0 Å². The fourth-order valence-electron chi connectivity index (χ4n) is 1.03. The molecule has 0 amide bonds. The molecular weight excluding hydrogens is 413 g/mol. The Morgan fingerprint density at radius 3 is 2.50 bits per heavy atom.